The van der Waals surface area contributed by atoms with Gasteiger partial charge in [-0.05, 0) is 104 Å². The number of carboxylic acids is 2. The Balaban J connectivity index is 1.49. The quantitative estimate of drug-likeness (QED) is 0.284. The molecule has 0 bridgehead atoms. The molecule has 4 heteroatoms. The van der Waals surface area contributed by atoms with Gasteiger partial charge in [0.05, 0.1) is 0 Å². The van der Waals surface area contributed by atoms with Crippen LogP contribution in [0.25, 0.3) is 0 Å². The fraction of sp³-hybridized carbons (Fsp3) is 0.867. The van der Waals surface area contributed by atoms with E-state index < -0.39 is 17.9 Å². The van der Waals surface area contributed by atoms with Crippen molar-refractivity contribution in [1.29, 1.82) is 0 Å². The lowest BCUT2D eigenvalue weighted by Crippen LogP contribution is -2.51. The first kappa shape index (κ1) is 25.8. The number of rotatable bonds is 8. The summed E-state index contributed by atoms with van der Waals surface area (Å²) in [6, 6.07) is 0. The van der Waals surface area contributed by atoms with E-state index in [0.29, 0.717) is 17.8 Å². The number of fused-ring (bicyclic) bond motifs is 5. The smallest absolute Gasteiger partial charge is 0.318 e. The Labute approximate surface area is 207 Å². The highest BCUT2D eigenvalue weighted by Crippen LogP contribution is 2.67. The van der Waals surface area contributed by atoms with E-state index in [1.807, 2.05) is 0 Å². The zero-order chi connectivity index (χ0) is 24.8. The average molecular weight is 473 g/mol. The van der Waals surface area contributed by atoms with Gasteiger partial charge in [0, 0.05) is 0 Å². The minimum absolute atomic E-state index is 0.128. The molecule has 8 atom stereocenters. The standard InChI is InChI=1S/C30H48O4/c1-18(2)7-6-8-19(3)23-11-12-24-22-10-9-21-17-20(26(27(31)32)28(33)34)13-15-29(21,4)25(22)14-16-30(23,24)5/h9,18-20,22-26H,6-8,10-17H2,1-5H3,(H,31,32)(H,33,34)/t19-,20+,22+,23-,24+,25+,29+,30-/m1/s1. The summed E-state index contributed by atoms with van der Waals surface area (Å²) in [4.78, 5) is 23.3. The van der Waals surface area contributed by atoms with Crippen molar-refractivity contribution in [3.8, 4) is 0 Å². The van der Waals surface area contributed by atoms with Crippen molar-refractivity contribution in [2.45, 2.75) is 105 Å². The predicted molar refractivity (Wildman–Crippen MR) is 135 cm³/mol. The molecule has 3 saturated carbocycles. The normalized spacial score (nSPS) is 40.3. The highest BCUT2D eigenvalue weighted by atomic mass is 16.4. The van der Waals surface area contributed by atoms with E-state index >= 15 is 0 Å². The van der Waals surface area contributed by atoms with E-state index in [1.54, 1.807) is 0 Å². The number of allylic oxidation sites excluding steroid dienone is 2. The molecule has 4 rings (SSSR count). The maximum Gasteiger partial charge on any atom is 0.318 e. The first-order valence-electron chi connectivity index (χ1n) is 14.1. The number of hydrogen-bond donors (Lipinski definition) is 2. The number of carbonyl (C=O) groups is 2. The van der Waals surface area contributed by atoms with Gasteiger partial charge in [0.2, 0.25) is 0 Å². The molecule has 0 heterocycles. The lowest BCUT2D eigenvalue weighted by molar-refractivity contribution is -0.158. The molecule has 2 N–H and O–H groups in total. The summed E-state index contributed by atoms with van der Waals surface area (Å²) in [6.07, 6.45) is 15.3. The fourth-order valence-electron chi connectivity index (χ4n) is 9.51. The van der Waals surface area contributed by atoms with Gasteiger partial charge in [-0.25, -0.2) is 0 Å². The summed E-state index contributed by atoms with van der Waals surface area (Å²) in [5.74, 6) is 0.791. The van der Waals surface area contributed by atoms with Crippen LogP contribution in [-0.4, -0.2) is 22.2 Å². The number of hydrogen-bond acceptors (Lipinski definition) is 2. The second kappa shape index (κ2) is 9.62. The first-order valence-corrected chi connectivity index (χ1v) is 14.1. The Hall–Kier alpha value is -1.32. The van der Waals surface area contributed by atoms with Gasteiger partial charge in [-0.2, -0.15) is 0 Å². The van der Waals surface area contributed by atoms with Crippen molar-refractivity contribution in [3.63, 3.8) is 0 Å². The van der Waals surface area contributed by atoms with Crippen molar-refractivity contribution in [2.75, 3.05) is 0 Å². The maximum absolute atomic E-state index is 11.7. The van der Waals surface area contributed by atoms with Crippen molar-refractivity contribution >= 4 is 11.9 Å². The van der Waals surface area contributed by atoms with Crippen LogP contribution < -0.4 is 0 Å². The minimum atomic E-state index is -1.27. The summed E-state index contributed by atoms with van der Waals surface area (Å²) in [6.45, 7) is 12.2. The van der Waals surface area contributed by atoms with Gasteiger partial charge in [-0.3, -0.25) is 9.59 Å². The molecule has 4 nitrogen and oxygen atoms in total. The van der Waals surface area contributed by atoms with Gasteiger partial charge >= 0.3 is 11.9 Å². The Morgan fingerprint density at radius 1 is 0.971 bits per heavy atom. The molecule has 0 saturated heterocycles. The van der Waals surface area contributed by atoms with Gasteiger partial charge in [0.25, 0.3) is 0 Å². The number of carboxylic acid groups (broad SMARTS) is 2. The molecular formula is C30H48O4. The highest BCUT2D eigenvalue weighted by Gasteiger charge is 2.59. The SMILES string of the molecule is CC(C)CCC[C@@H](C)[C@H]1CC[C@H]2[C@@H]3CC=C4C[C@@H](C(C(=O)O)C(=O)O)CC[C@]4(C)[C@H]3CC[C@]12C. The lowest BCUT2D eigenvalue weighted by atomic mass is 9.46. The van der Waals surface area contributed by atoms with E-state index in [4.69, 9.17) is 0 Å². The third-order valence-electron chi connectivity index (χ3n) is 11.3. The van der Waals surface area contributed by atoms with E-state index in [1.165, 1.54) is 50.5 Å². The van der Waals surface area contributed by atoms with Crippen LogP contribution >= 0.6 is 0 Å². The third-order valence-corrected chi connectivity index (χ3v) is 11.3. The summed E-state index contributed by atoms with van der Waals surface area (Å²) in [7, 11) is 0. The van der Waals surface area contributed by atoms with Crippen LogP contribution in [0.5, 0.6) is 0 Å². The molecule has 0 aromatic rings. The summed E-state index contributed by atoms with van der Waals surface area (Å²) < 4.78 is 0. The monoisotopic (exact) mass is 472 g/mol. The van der Waals surface area contributed by atoms with Gasteiger partial charge < -0.3 is 10.2 Å². The van der Waals surface area contributed by atoms with Crippen LogP contribution in [0.4, 0.5) is 0 Å². The maximum atomic E-state index is 11.7. The summed E-state index contributed by atoms with van der Waals surface area (Å²) in [5.41, 5.74) is 1.97. The minimum Gasteiger partial charge on any atom is -0.481 e. The summed E-state index contributed by atoms with van der Waals surface area (Å²) >= 11 is 0. The second-order valence-corrected chi connectivity index (χ2v) is 13.4. The van der Waals surface area contributed by atoms with Crippen LogP contribution in [-0.2, 0) is 9.59 Å². The third kappa shape index (κ3) is 4.37. The summed E-state index contributed by atoms with van der Waals surface area (Å²) in [5, 5.41) is 19.1. The second-order valence-electron chi connectivity index (χ2n) is 13.4. The molecular weight excluding hydrogens is 424 g/mol. The average Bonchev–Trinajstić information content (AvgIpc) is 3.10. The van der Waals surface area contributed by atoms with Crippen LogP contribution in [0.3, 0.4) is 0 Å². The van der Waals surface area contributed by atoms with E-state index in [2.05, 4.69) is 40.7 Å². The first-order chi connectivity index (χ1) is 16.0. The Bertz CT molecular complexity index is 801. The molecule has 4 aliphatic carbocycles. The zero-order valence-corrected chi connectivity index (χ0v) is 22.2. The molecule has 0 aromatic heterocycles. The Morgan fingerprint density at radius 3 is 2.32 bits per heavy atom. The fourth-order valence-corrected chi connectivity index (χ4v) is 9.51. The van der Waals surface area contributed by atoms with Crippen LogP contribution in [0.15, 0.2) is 11.6 Å². The molecule has 0 radical (unpaired) electrons. The molecule has 0 aliphatic heterocycles. The topological polar surface area (TPSA) is 74.6 Å². The molecule has 192 valence electrons. The van der Waals surface area contributed by atoms with E-state index in [-0.39, 0.29) is 11.3 Å². The highest BCUT2D eigenvalue weighted by molar-refractivity contribution is 5.93. The van der Waals surface area contributed by atoms with Crippen molar-refractivity contribution in [1.82, 2.24) is 0 Å². The van der Waals surface area contributed by atoms with E-state index in [9.17, 15) is 19.8 Å². The molecule has 0 unspecified atom stereocenters. The van der Waals surface area contributed by atoms with Crippen molar-refractivity contribution in [2.24, 2.45) is 58.2 Å². The lowest BCUT2D eigenvalue weighted by Gasteiger charge is -2.58. The van der Waals surface area contributed by atoms with Gasteiger partial charge in [-0.1, -0.05) is 65.5 Å². The molecule has 4 aliphatic rings. The largest absolute Gasteiger partial charge is 0.481 e. The molecule has 0 spiro atoms. The van der Waals surface area contributed by atoms with Gasteiger partial charge in [0.1, 0.15) is 0 Å². The van der Waals surface area contributed by atoms with Crippen LogP contribution in [0.2, 0.25) is 0 Å². The van der Waals surface area contributed by atoms with Crippen molar-refractivity contribution in [3.05, 3.63) is 11.6 Å². The van der Waals surface area contributed by atoms with Crippen LogP contribution in [0, 0.1) is 58.2 Å². The molecule has 3 fully saturated rings. The molecule has 34 heavy (non-hydrogen) atoms. The van der Waals surface area contributed by atoms with Gasteiger partial charge in [-0.15, -0.1) is 0 Å². The Morgan fingerprint density at radius 2 is 1.68 bits per heavy atom. The van der Waals surface area contributed by atoms with Crippen molar-refractivity contribution < 1.29 is 19.8 Å². The predicted octanol–water partition coefficient (Wildman–Crippen LogP) is 7.43. The van der Waals surface area contributed by atoms with Gasteiger partial charge in [0.15, 0.2) is 5.92 Å². The van der Waals surface area contributed by atoms with E-state index in [0.717, 1.165) is 48.9 Å². The Kier molecular flexibility index (Phi) is 7.29. The zero-order valence-electron chi connectivity index (χ0n) is 22.2. The molecule has 0 amide bonds. The molecule has 0 aromatic carbocycles. The number of aliphatic carboxylic acids is 2. The van der Waals surface area contributed by atoms with Crippen LogP contribution in [0.1, 0.15) is 105 Å².